The molecule has 0 saturated carbocycles. The lowest BCUT2D eigenvalue weighted by atomic mass is 10.2. The molecule has 1 unspecified atom stereocenters. The molecule has 0 N–H and O–H groups in total. The molecule has 0 aromatic heterocycles. The van der Waals surface area contributed by atoms with Crippen molar-refractivity contribution in [3.63, 3.8) is 0 Å². The van der Waals surface area contributed by atoms with Crippen molar-refractivity contribution < 1.29 is 22.0 Å². The van der Waals surface area contributed by atoms with E-state index in [1.54, 1.807) is 0 Å². The third-order valence-corrected chi connectivity index (χ3v) is 6.65. The number of sulfone groups is 1. The first kappa shape index (κ1) is 16.2. The molecule has 2 rings (SSSR count). The van der Waals surface area contributed by atoms with Crippen molar-refractivity contribution in [1.82, 2.24) is 0 Å². The van der Waals surface area contributed by atoms with Gasteiger partial charge in [0.15, 0.2) is 9.84 Å². The van der Waals surface area contributed by atoms with Crippen molar-refractivity contribution in [1.29, 1.82) is 0 Å². The van der Waals surface area contributed by atoms with Crippen LogP contribution in [-0.2, 0) is 9.84 Å². The van der Waals surface area contributed by atoms with E-state index >= 15 is 0 Å². The number of halogens is 2. The van der Waals surface area contributed by atoms with Crippen LogP contribution in [0, 0.1) is 11.6 Å². The highest BCUT2D eigenvalue weighted by Crippen LogP contribution is 2.32. The van der Waals surface area contributed by atoms with Crippen molar-refractivity contribution in [3.05, 3.63) is 29.3 Å². The summed E-state index contributed by atoms with van der Waals surface area (Å²) in [5.41, 5.74) is -0.488. The van der Waals surface area contributed by atoms with Gasteiger partial charge in [-0.15, -0.1) is 0 Å². The number of hydrogen-bond acceptors (Lipinski definition) is 5. The molecule has 116 valence electrons. The summed E-state index contributed by atoms with van der Waals surface area (Å²) in [7, 11) is -3.47. The van der Waals surface area contributed by atoms with Crippen LogP contribution < -0.4 is 4.90 Å². The molecule has 1 fully saturated rings. The summed E-state index contributed by atoms with van der Waals surface area (Å²) in [5.74, 6) is -1.07. The van der Waals surface area contributed by atoms with Gasteiger partial charge in [-0.2, -0.15) is 11.8 Å². The summed E-state index contributed by atoms with van der Waals surface area (Å²) in [6.45, 7) is 1.75. The van der Waals surface area contributed by atoms with E-state index in [0.717, 1.165) is 12.1 Å². The highest BCUT2D eigenvalue weighted by molar-refractivity contribution is 8.01. The van der Waals surface area contributed by atoms with E-state index in [4.69, 9.17) is 0 Å². The summed E-state index contributed by atoms with van der Waals surface area (Å²) >= 11 is 1.44. The smallest absolute Gasteiger partial charge is 0.171 e. The van der Waals surface area contributed by atoms with Crippen LogP contribution >= 0.6 is 11.8 Å². The molecule has 1 aliphatic heterocycles. The van der Waals surface area contributed by atoms with Gasteiger partial charge in [-0.25, -0.2) is 17.2 Å². The predicted octanol–water partition coefficient (Wildman–Crippen LogP) is 2.09. The zero-order chi connectivity index (χ0) is 15.6. The van der Waals surface area contributed by atoms with Crippen molar-refractivity contribution in [2.24, 2.45) is 0 Å². The molecule has 1 heterocycles. The van der Waals surface area contributed by atoms with Gasteiger partial charge in [0.2, 0.25) is 0 Å². The summed E-state index contributed by atoms with van der Waals surface area (Å²) in [4.78, 5) is 11.9. The molecule has 21 heavy (non-hydrogen) atoms. The Morgan fingerprint density at radius 2 is 2.00 bits per heavy atom. The molecule has 1 aliphatic rings. The number of nitrogens with zero attached hydrogens (tertiary/aromatic N) is 1. The van der Waals surface area contributed by atoms with Crippen LogP contribution in [0.4, 0.5) is 14.5 Å². The minimum absolute atomic E-state index is 0.0929. The fourth-order valence-corrected chi connectivity index (χ4v) is 5.23. The minimum atomic E-state index is -3.47. The fourth-order valence-electron chi connectivity index (χ4n) is 2.25. The first-order chi connectivity index (χ1) is 9.90. The van der Waals surface area contributed by atoms with E-state index in [9.17, 15) is 22.0 Å². The van der Waals surface area contributed by atoms with Gasteiger partial charge in [-0.3, -0.25) is 4.79 Å². The normalized spacial score (nSPS) is 19.6. The maximum Gasteiger partial charge on any atom is 0.171 e. The predicted molar refractivity (Wildman–Crippen MR) is 79.7 cm³/mol. The van der Waals surface area contributed by atoms with Gasteiger partial charge in [0, 0.05) is 29.4 Å². The van der Waals surface area contributed by atoms with E-state index in [1.165, 1.54) is 23.6 Å². The minimum Gasteiger partial charge on any atom is -0.349 e. The topological polar surface area (TPSA) is 54.5 Å². The van der Waals surface area contributed by atoms with E-state index in [0.29, 0.717) is 12.0 Å². The van der Waals surface area contributed by atoms with Crippen LogP contribution in [0.5, 0.6) is 0 Å². The Morgan fingerprint density at radius 1 is 1.38 bits per heavy atom. The third-order valence-electron chi connectivity index (χ3n) is 3.36. The van der Waals surface area contributed by atoms with Crippen LogP contribution in [0.1, 0.15) is 17.3 Å². The fraction of sp³-hybridized carbons (Fsp3) is 0.462. The molecule has 0 aliphatic carbocycles. The van der Waals surface area contributed by atoms with Gasteiger partial charge in [-0.1, -0.05) is 6.92 Å². The van der Waals surface area contributed by atoms with E-state index in [2.05, 4.69) is 0 Å². The number of hydrogen-bond donors (Lipinski definition) is 0. The zero-order valence-electron chi connectivity index (χ0n) is 11.4. The van der Waals surface area contributed by atoms with Crippen molar-refractivity contribution in [2.45, 2.75) is 12.3 Å². The number of anilines is 1. The average Bonchev–Trinajstić information content (AvgIpc) is 2.46. The SMILES string of the molecule is CCS(=O)(=O)C1CSCCN1c1c(F)cc(C=O)cc1F. The van der Waals surface area contributed by atoms with Crippen molar-refractivity contribution in [3.8, 4) is 0 Å². The molecule has 4 nitrogen and oxygen atoms in total. The molecule has 0 amide bonds. The van der Waals surface area contributed by atoms with Gasteiger partial charge in [0.05, 0.1) is 0 Å². The van der Waals surface area contributed by atoms with Crippen LogP contribution in [0.3, 0.4) is 0 Å². The van der Waals surface area contributed by atoms with Crippen LogP contribution in [0.25, 0.3) is 0 Å². The second-order valence-corrected chi connectivity index (χ2v) is 8.22. The van der Waals surface area contributed by atoms with Gasteiger partial charge in [0.1, 0.15) is 29.0 Å². The second-order valence-electron chi connectivity index (χ2n) is 4.63. The molecule has 0 spiro atoms. The van der Waals surface area contributed by atoms with Crippen LogP contribution in [0.2, 0.25) is 0 Å². The molecule has 0 radical (unpaired) electrons. The number of carbonyl (C=O) groups is 1. The number of aldehydes is 1. The maximum atomic E-state index is 14.1. The number of carbonyl (C=O) groups excluding carboxylic acids is 1. The molecule has 8 heteroatoms. The number of benzene rings is 1. The lowest BCUT2D eigenvalue weighted by Gasteiger charge is -2.36. The Hall–Kier alpha value is -1.15. The lowest BCUT2D eigenvalue weighted by molar-refractivity contribution is 0.112. The highest BCUT2D eigenvalue weighted by atomic mass is 32.2. The Labute approximate surface area is 126 Å². The standard InChI is InChI=1S/C13H15F2NO3S2/c1-2-21(18,19)12-8-20-4-3-16(12)13-10(14)5-9(7-17)6-11(13)15/h5-7,12H,2-4,8H2,1H3. The summed E-state index contributed by atoms with van der Waals surface area (Å²) in [5, 5.41) is -0.952. The Morgan fingerprint density at radius 3 is 2.52 bits per heavy atom. The monoisotopic (exact) mass is 335 g/mol. The van der Waals surface area contributed by atoms with Gasteiger partial charge >= 0.3 is 0 Å². The summed E-state index contributed by atoms with van der Waals surface area (Å²) < 4.78 is 52.5. The summed E-state index contributed by atoms with van der Waals surface area (Å²) in [6.07, 6.45) is 0.349. The zero-order valence-corrected chi connectivity index (χ0v) is 13.0. The molecular formula is C13H15F2NO3S2. The summed E-state index contributed by atoms with van der Waals surface area (Å²) in [6, 6.07) is 1.84. The van der Waals surface area contributed by atoms with Crippen molar-refractivity contribution >= 4 is 33.6 Å². The van der Waals surface area contributed by atoms with Gasteiger partial charge < -0.3 is 4.90 Å². The van der Waals surface area contributed by atoms with Crippen LogP contribution in [-0.4, -0.2) is 43.9 Å². The molecule has 1 saturated heterocycles. The van der Waals surface area contributed by atoms with E-state index < -0.39 is 26.8 Å². The third kappa shape index (κ3) is 3.21. The Kier molecular flexibility index (Phi) is 4.88. The second kappa shape index (κ2) is 6.31. The number of rotatable bonds is 4. The Balaban J connectivity index is 2.50. The molecule has 0 bridgehead atoms. The first-order valence-corrected chi connectivity index (χ1v) is 9.28. The Bertz CT molecular complexity index is 626. The first-order valence-electron chi connectivity index (χ1n) is 6.41. The van der Waals surface area contributed by atoms with Gasteiger partial charge in [-0.05, 0) is 12.1 Å². The molecule has 1 atom stereocenters. The maximum absolute atomic E-state index is 14.1. The van der Waals surface area contributed by atoms with Gasteiger partial charge in [0.25, 0.3) is 0 Å². The lowest BCUT2D eigenvalue weighted by Crippen LogP contribution is -2.48. The highest BCUT2D eigenvalue weighted by Gasteiger charge is 2.35. The average molecular weight is 335 g/mol. The quantitative estimate of drug-likeness (QED) is 0.789. The molecule has 1 aromatic rings. The van der Waals surface area contributed by atoms with E-state index in [-0.39, 0.29) is 29.3 Å². The van der Waals surface area contributed by atoms with Crippen LogP contribution in [0.15, 0.2) is 12.1 Å². The largest absolute Gasteiger partial charge is 0.349 e. The van der Waals surface area contributed by atoms with Crippen molar-refractivity contribution in [2.75, 3.05) is 28.7 Å². The molecule has 1 aromatic carbocycles. The molecular weight excluding hydrogens is 320 g/mol. The van der Waals surface area contributed by atoms with E-state index in [1.807, 2.05) is 0 Å². The number of thioether (sulfide) groups is 1.